The molecule has 21 heavy (non-hydrogen) atoms. The van der Waals surface area contributed by atoms with Crippen molar-refractivity contribution in [3.63, 3.8) is 0 Å². The van der Waals surface area contributed by atoms with Gasteiger partial charge in [-0.1, -0.05) is 0 Å². The van der Waals surface area contributed by atoms with Gasteiger partial charge in [0.1, 0.15) is 6.10 Å². The van der Waals surface area contributed by atoms with E-state index < -0.39 is 0 Å². The number of carbonyl (C=O) groups excluding carboxylic acids is 1. The fraction of sp³-hybridized carbons (Fsp3) is 0.857. The van der Waals surface area contributed by atoms with Crippen LogP contribution in [0.2, 0.25) is 0 Å². The third kappa shape index (κ3) is 7.08. The smallest absolute Gasteiger partial charge is 0.306 e. The van der Waals surface area contributed by atoms with Crippen LogP contribution in [0.25, 0.3) is 0 Å². The minimum Gasteiger partial charge on any atom is -0.462 e. The molecule has 1 saturated heterocycles. The van der Waals surface area contributed by atoms with E-state index in [1.807, 2.05) is 11.8 Å². The maximum atomic E-state index is 11.6. The van der Waals surface area contributed by atoms with E-state index >= 15 is 0 Å². The van der Waals surface area contributed by atoms with Gasteiger partial charge in [-0.25, -0.2) is 0 Å². The van der Waals surface area contributed by atoms with Crippen LogP contribution in [0.15, 0.2) is 4.99 Å². The Morgan fingerprint density at radius 1 is 1.29 bits per heavy atom. The van der Waals surface area contributed by atoms with Gasteiger partial charge in [0.05, 0.1) is 0 Å². The second kappa shape index (κ2) is 10.5. The molecule has 1 heterocycles. The van der Waals surface area contributed by atoms with Gasteiger partial charge in [-0.15, -0.1) is 24.0 Å². The predicted octanol–water partition coefficient (Wildman–Crippen LogP) is 2.23. The summed E-state index contributed by atoms with van der Waals surface area (Å²) in [4.78, 5) is 18.1. The molecule has 7 heteroatoms. The van der Waals surface area contributed by atoms with E-state index in [2.05, 4.69) is 9.89 Å². The highest BCUT2D eigenvalue weighted by atomic mass is 127. The van der Waals surface area contributed by atoms with Gasteiger partial charge in [0.25, 0.3) is 0 Å². The Morgan fingerprint density at radius 2 is 1.95 bits per heavy atom. The third-order valence-corrected chi connectivity index (χ3v) is 4.69. The van der Waals surface area contributed by atoms with E-state index in [4.69, 9.17) is 10.5 Å². The molecule has 0 unspecified atom stereocenters. The highest BCUT2D eigenvalue weighted by Crippen LogP contribution is 2.21. The number of esters is 1. The Bertz CT molecular complexity index is 343. The molecule has 0 aromatic rings. The molecule has 0 bridgehead atoms. The molecule has 0 aromatic heterocycles. The summed E-state index contributed by atoms with van der Waals surface area (Å²) in [6, 6.07) is 0. The summed E-state index contributed by atoms with van der Waals surface area (Å²) >= 11 is 1.95. The molecule has 2 aliphatic rings. The first-order chi connectivity index (χ1) is 9.75. The standard InChI is InChI=1S/C14H25N3O2S.HI/c15-14(17-8-10-20-11-9-17)16-7-3-6-13(18)19-12-4-1-2-5-12;/h12H,1-11H2,(H2,15,16);1H. The molecule has 122 valence electrons. The molecular formula is C14H26IN3O2S. The van der Waals surface area contributed by atoms with Crippen molar-refractivity contribution in [1.82, 2.24) is 4.90 Å². The molecule has 5 nitrogen and oxygen atoms in total. The van der Waals surface area contributed by atoms with Gasteiger partial charge in [-0.2, -0.15) is 11.8 Å². The highest BCUT2D eigenvalue weighted by Gasteiger charge is 2.18. The van der Waals surface area contributed by atoms with Crippen molar-refractivity contribution < 1.29 is 9.53 Å². The number of rotatable bonds is 5. The van der Waals surface area contributed by atoms with Crippen LogP contribution in [0, 0.1) is 0 Å². The minimum atomic E-state index is -0.0833. The minimum absolute atomic E-state index is 0. The second-order valence-corrected chi connectivity index (χ2v) is 6.56. The summed E-state index contributed by atoms with van der Waals surface area (Å²) in [5, 5.41) is 0. The van der Waals surface area contributed by atoms with E-state index in [1.165, 1.54) is 12.8 Å². The van der Waals surface area contributed by atoms with E-state index in [0.29, 0.717) is 18.9 Å². The number of halogens is 1. The summed E-state index contributed by atoms with van der Waals surface area (Å²) in [6.07, 6.45) is 5.77. The zero-order valence-corrected chi connectivity index (χ0v) is 15.6. The normalized spacial score (nSPS) is 20.2. The summed E-state index contributed by atoms with van der Waals surface area (Å²) in [5.74, 6) is 2.77. The van der Waals surface area contributed by atoms with E-state index in [1.54, 1.807) is 0 Å². The monoisotopic (exact) mass is 427 g/mol. The predicted molar refractivity (Wildman–Crippen MR) is 98.4 cm³/mol. The van der Waals surface area contributed by atoms with E-state index in [0.717, 1.165) is 43.9 Å². The number of hydrogen-bond acceptors (Lipinski definition) is 4. The fourth-order valence-corrected chi connectivity index (χ4v) is 3.46. The summed E-state index contributed by atoms with van der Waals surface area (Å²) in [7, 11) is 0. The first kappa shape index (κ1) is 18.9. The van der Waals surface area contributed by atoms with Crippen molar-refractivity contribution in [2.24, 2.45) is 10.7 Å². The Hall–Kier alpha value is -0.180. The summed E-state index contributed by atoms with van der Waals surface area (Å²) < 4.78 is 5.40. The Balaban J connectivity index is 0.00000220. The molecule has 1 aliphatic heterocycles. The van der Waals surface area contributed by atoms with Crippen LogP contribution >= 0.6 is 35.7 Å². The first-order valence-electron chi connectivity index (χ1n) is 7.58. The number of ether oxygens (including phenoxy) is 1. The molecule has 1 aliphatic carbocycles. The molecule has 0 aromatic carbocycles. The molecule has 2 fully saturated rings. The summed E-state index contributed by atoms with van der Waals surface area (Å²) in [6.45, 7) is 2.56. The van der Waals surface area contributed by atoms with E-state index in [-0.39, 0.29) is 36.0 Å². The van der Waals surface area contributed by atoms with Crippen LogP contribution in [-0.4, -0.2) is 54.1 Å². The van der Waals surface area contributed by atoms with Crippen molar-refractivity contribution >= 4 is 47.7 Å². The quantitative estimate of drug-likeness (QED) is 0.240. The number of thioether (sulfide) groups is 1. The Labute approximate surface area is 148 Å². The van der Waals surface area contributed by atoms with Crippen LogP contribution < -0.4 is 5.73 Å². The number of hydrogen-bond donors (Lipinski definition) is 1. The summed E-state index contributed by atoms with van der Waals surface area (Å²) in [5.41, 5.74) is 5.95. The molecule has 2 N–H and O–H groups in total. The molecule has 0 radical (unpaired) electrons. The molecule has 0 atom stereocenters. The van der Waals surface area contributed by atoms with Gasteiger partial charge in [-0.3, -0.25) is 9.79 Å². The van der Waals surface area contributed by atoms with Crippen molar-refractivity contribution in [2.75, 3.05) is 31.1 Å². The first-order valence-corrected chi connectivity index (χ1v) is 8.73. The lowest BCUT2D eigenvalue weighted by Gasteiger charge is -2.27. The molecule has 2 rings (SSSR count). The van der Waals surface area contributed by atoms with Crippen LogP contribution in [0.1, 0.15) is 38.5 Å². The van der Waals surface area contributed by atoms with Gasteiger partial charge in [0.2, 0.25) is 0 Å². The van der Waals surface area contributed by atoms with Crippen LogP contribution in [0.4, 0.5) is 0 Å². The lowest BCUT2D eigenvalue weighted by Crippen LogP contribution is -2.42. The van der Waals surface area contributed by atoms with Crippen LogP contribution in [0.5, 0.6) is 0 Å². The Morgan fingerprint density at radius 3 is 2.62 bits per heavy atom. The fourth-order valence-electron chi connectivity index (χ4n) is 2.56. The number of nitrogens with two attached hydrogens (primary N) is 1. The van der Waals surface area contributed by atoms with Crippen LogP contribution in [-0.2, 0) is 9.53 Å². The second-order valence-electron chi connectivity index (χ2n) is 5.34. The highest BCUT2D eigenvalue weighted by molar-refractivity contribution is 14.0. The topological polar surface area (TPSA) is 67.9 Å². The van der Waals surface area contributed by atoms with Crippen molar-refractivity contribution in [3.05, 3.63) is 0 Å². The van der Waals surface area contributed by atoms with E-state index in [9.17, 15) is 4.79 Å². The van der Waals surface area contributed by atoms with Gasteiger partial charge in [-0.05, 0) is 32.1 Å². The van der Waals surface area contributed by atoms with Gasteiger partial charge >= 0.3 is 5.97 Å². The van der Waals surface area contributed by atoms with Crippen molar-refractivity contribution in [3.8, 4) is 0 Å². The third-order valence-electron chi connectivity index (χ3n) is 3.75. The molecule has 0 spiro atoms. The number of aliphatic imine (C=N–C) groups is 1. The SMILES string of the molecule is I.NC(=NCCCC(=O)OC1CCCC1)N1CCSCC1. The Kier molecular flexibility index (Phi) is 9.46. The molecule has 0 amide bonds. The van der Waals surface area contributed by atoms with Gasteiger partial charge in [0, 0.05) is 37.6 Å². The zero-order valence-electron chi connectivity index (χ0n) is 12.5. The number of guanidine groups is 1. The maximum Gasteiger partial charge on any atom is 0.306 e. The number of carbonyl (C=O) groups is 1. The van der Waals surface area contributed by atoms with Crippen molar-refractivity contribution in [2.45, 2.75) is 44.6 Å². The number of nitrogens with zero attached hydrogens (tertiary/aromatic N) is 2. The largest absolute Gasteiger partial charge is 0.462 e. The average Bonchev–Trinajstić information content (AvgIpc) is 2.97. The average molecular weight is 427 g/mol. The molecule has 1 saturated carbocycles. The lowest BCUT2D eigenvalue weighted by atomic mass is 10.3. The maximum absolute atomic E-state index is 11.6. The zero-order chi connectivity index (χ0) is 14.2. The van der Waals surface area contributed by atoms with Gasteiger partial charge in [0.15, 0.2) is 5.96 Å². The molecular weight excluding hydrogens is 401 g/mol. The van der Waals surface area contributed by atoms with Gasteiger partial charge < -0.3 is 15.4 Å². The van der Waals surface area contributed by atoms with Crippen LogP contribution in [0.3, 0.4) is 0 Å². The van der Waals surface area contributed by atoms with Crippen molar-refractivity contribution in [1.29, 1.82) is 0 Å². The lowest BCUT2D eigenvalue weighted by molar-refractivity contribution is -0.148.